The van der Waals surface area contributed by atoms with Gasteiger partial charge in [-0.05, 0) is 72.8 Å². The predicted molar refractivity (Wildman–Crippen MR) is 189 cm³/mol. The van der Waals surface area contributed by atoms with Gasteiger partial charge >= 0.3 is 6.01 Å². The number of pyridine rings is 1. The molecule has 3 aliphatic rings. The quantitative estimate of drug-likeness (QED) is 0.157. The van der Waals surface area contributed by atoms with Gasteiger partial charge in [0.1, 0.15) is 28.1 Å². The van der Waals surface area contributed by atoms with Gasteiger partial charge in [-0.1, -0.05) is 0 Å². The van der Waals surface area contributed by atoms with Crippen molar-refractivity contribution >= 4 is 49.9 Å². The summed E-state index contributed by atoms with van der Waals surface area (Å²) < 4.78 is 58.9. The van der Waals surface area contributed by atoms with Crippen LogP contribution in [-0.2, 0) is 4.74 Å². The first-order valence-electron chi connectivity index (χ1n) is 16.9. The lowest BCUT2D eigenvalue weighted by Gasteiger charge is -2.49. The van der Waals surface area contributed by atoms with E-state index in [1.165, 1.54) is 6.20 Å². The van der Waals surface area contributed by atoms with Gasteiger partial charge in [0, 0.05) is 60.8 Å². The average Bonchev–Trinajstić information content (AvgIpc) is 3.73. The van der Waals surface area contributed by atoms with Gasteiger partial charge in [-0.25, -0.2) is 13.2 Å². The highest BCUT2D eigenvalue weighted by Crippen LogP contribution is 2.48. The molecule has 0 unspecified atom stereocenters. The third-order valence-corrected chi connectivity index (χ3v) is 12.0. The van der Waals surface area contributed by atoms with Crippen molar-refractivity contribution in [3.8, 4) is 23.3 Å². The van der Waals surface area contributed by atoms with Crippen LogP contribution in [0.15, 0.2) is 17.3 Å². The van der Waals surface area contributed by atoms with Crippen LogP contribution in [0.3, 0.4) is 0 Å². The molecule has 0 spiro atoms. The van der Waals surface area contributed by atoms with E-state index in [9.17, 15) is 5.26 Å². The number of nitrogens with zero attached hydrogens (tertiary/aromatic N) is 8. The van der Waals surface area contributed by atoms with E-state index >= 15 is 13.2 Å². The fraction of sp³-hybridized carbons (Fsp3) is 0.528. The summed E-state index contributed by atoms with van der Waals surface area (Å²) in [5.74, 6) is -2.75. The Labute approximate surface area is 293 Å². The zero-order chi connectivity index (χ0) is 35.5. The van der Waals surface area contributed by atoms with Crippen molar-refractivity contribution in [2.45, 2.75) is 63.6 Å². The van der Waals surface area contributed by atoms with Crippen molar-refractivity contribution in [1.82, 2.24) is 24.8 Å². The molecule has 3 fully saturated rings. The summed E-state index contributed by atoms with van der Waals surface area (Å²) in [6.07, 6.45) is 6.75. The highest BCUT2D eigenvalue weighted by Gasteiger charge is 2.46. The van der Waals surface area contributed by atoms with E-state index in [2.05, 4.69) is 59.4 Å². The third kappa shape index (κ3) is 5.97. The molecule has 3 aromatic heterocycles. The minimum atomic E-state index is -1.20. The summed E-state index contributed by atoms with van der Waals surface area (Å²) >= 11 is 0.775. The Bertz CT molecular complexity index is 2020. The lowest BCUT2D eigenvalue weighted by molar-refractivity contribution is -0.0580. The molecule has 4 heterocycles. The number of hydrogen-bond donors (Lipinski definition) is 0. The number of morpholine rings is 1. The van der Waals surface area contributed by atoms with Gasteiger partial charge in [-0.3, -0.25) is 14.9 Å². The van der Waals surface area contributed by atoms with E-state index in [1.807, 2.05) is 18.0 Å². The summed E-state index contributed by atoms with van der Waals surface area (Å²) in [6.45, 7) is 11.1. The van der Waals surface area contributed by atoms with Crippen molar-refractivity contribution < 1.29 is 22.6 Å². The fourth-order valence-electron chi connectivity index (χ4n) is 7.38. The summed E-state index contributed by atoms with van der Waals surface area (Å²) in [6, 6.07) is 3.18. The molecule has 0 amide bonds. The van der Waals surface area contributed by atoms with Gasteiger partial charge in [0.05, 0.1) is 35.0 Å². The molecule has 10 nitrogen and oxygen atoms in total. The second kappa shape index (κ2) is 13.0. The van der Waals surface area contributed by atoms with Crippen LogP contribution in [0.5, 0.6) is 6.01 Å². The Morgan fingerprint density at radius 2 is 1.92 bits per heavy atom. The van der Waals surface area contributed by atoms with Gasteiger partial charge in [0.2, 0.25) is 0 Å². The zero-order valence-electron chi connectivity index (χ0n) is 29.0. The minimum Gasteiger partial charge on any atom is -0.463 e. The molecule has 2 aliphatic carbocycles. The number of fused-ring (bicyclic) bond motifs is 2. The maximum absolute atomic E-state index is 16.9. The molecular formula is C36H41F3N8O2S. The van der Waals surface area contributed by atoms with E-state index < -0.39 is 17.5 Å². The number of likely N-dealkylation sites (N-methyl/N-ethyl adjacent to an activating group) is 2. The number of hydrogen-bond acceptors (Lipinski definition) is 11. The fourth-order valence-corrected chi connectivity index (χ4v) is 8.39. The first-order valence-corrected chi connectivity index (χ1v) is 17.8. The highest BCUT2D eigenvalue weighted by molar-refractivity contribution is 7.23. The van der Waals surface area contributed by atoms with Crippen LogP contribution in [0.2, 0.25) is 0 Å². The number of thiophene rings is 1. The molecule has 1 saturated heterocycles. The topological polar surface area (TPSA) is 103 Å². The molecule has 0 radical (unpaired) electrons. The molecule has 1 aromatic carbocycles. The van der Waals surface area contributed by atoms with Crippen LogP contribution in [0.4, 0.5) is 24.0 Å². The molecule has 2 atom stereocenters. The van der Waals surface area contributed by atoms with Gasteiger partial charge in [0.15, 0.2) is 17.5 Å². The number of benzene rings is 1. The molecule has 7 rings (SSSR count). The molecule has 1 aliphatic heterocycles. The van der Waals surface area contributed by atoms with Crippen LogP contribution in [0.25, 0.3) is 32.2 Å². The normalized spacial score (nSPS) is 21.3. The maximum atomic E-state index is 16.9. The van der Waals surface area contributed by atoms with Crippen molar-refractivity contribution in [2.75, 3.05) is 58.9 Å². The van der Waals surface area contributed by atoms with Crippen LogP contribution in [0, 0.1) is 34.2 Å². The van der Waals surface area contributed by atoms with Crippen molar-refractivity contribution in [1.29, 1.82) is 5.26 Å². The lowest BCUT2D eigenvalue weighted by Crippen LogP contribution is -2.56. The lowest BCUT2D eigenvalue weighted by atomic mass is 9.75. The Kier molecular flexibility index (Phi) is 8.99. The Morgan fingerprint density at radius 1 is 1.16 bits per heavy atom. The summed E-state index contributed by atoms with van der Waals surface area (Å²) in [5, 5.41) is 10.4. The standard InChI is InChI=1S/C36H41F3N8O2S/c1-20-16-48-21(2)15-47(20)17-35(10-11-35)19-49-34-43-30-24(32(44-34)46(6)18-36(45(4)5)8-7-9-36)14-42-29(28(30)39)22-12-25(37)27(38)31-26(22)23(13-40)33(41-3)50-31/h12,14,20-21H,3,7-11,15-19H2,1-2,4-6H3/t20-,21+/m1/s1. The first-order chi connectivity index (χ1) is 23.9. The molecule has 4 aromatic rings. The van der Waals surface area contributed by atoms with Crippen LogP contribution >= 0.6 is 11.3 Å². The van der Waals surface area contributed by atoms with Gasteiger partial charge in [-0.2, -0.15) is 15.2 Å². The number of nitriles is 1. The van der Waals surface area contributed by atoms with Crippen molar-refractivity contribution in [2.24, 2.45) is 10.4 Å². The highest BCUT2D eigenvalue weighted by atomic mass is 32.1. The molecule has 14 heteroatoms. The van der Waals surface area contributed by atoms with E-state index in [0.717, 1.165) is 62.6 Å². The van der Waals surface area contributed by atoms with Gasteiger partial charge in [0.25, 0.3) is 0 Å². The van der Waals surface area contributed by atoms with E-state index in [1.54, 1.807) is 0 Å². The largest absolute Gasteiger partial charge is 0.463 e. The predicted octanol–water partition coefficient (Wildman–Crippen LogP) is 6.72. The molecular weight excluding hydrogens is 666 g/mol. The van der Waals surface area contributed by atoms with E-state index in [-0.39, 0.29) is 60.5 Å². The maximum Gasteiger partial charge on any atom is 0.319 e. The first kappa shape index (κ1) is 34.5. The molecule has 0 bridgehead atoms. The van der Waals surface area contributed by atoms with Gasteiger partial charge < -0.3 is 19.3 Å². The number of aromatic nitrogens is 3. The molecule has 0 N–H and O–H groups in total. The number of ether oxygens (including phenoxy) is 2. The summed E-state index contributed by atoms with van der Waals surface area (Å²) in [4.78, 5) is 24.3. The van der Waals surface area contributed by atoms with Crippen molar-refractivity contribution in [3.05, 3.63) is 35.3 Å². The Morgan fingerprint density at radius 3 is 2.56 bits per heavy atom. The SMILES string of the molecule is C=Nc1sc2c(F)c(F)cc(-c3ncc4c(N(C)CC5(N(C)C)CCC5)nc(OCC5(CN6C[C@H](C)OC[C@H]6C)CC5)nc4c3F)c2c1C#N. The smallest absolute Gasteiger partial charge is 0.319 e. The second-order valence-electron chi connectivity index (χ2n) is 14.5. The van der Waals surface area contributed by atoms with Crippen LogP contribution < -0.4 is 9.64 Å². The van der Waals surface area contributed by atoms with Crippen molar-refractivity contribution in [3.63, 3.8) is 0 Å². The number of anilines is 1. The third-order valence-electron chi connectivity index (χ3n) is 10.9. The molecule has 2 saturated carbocycles. The van der Waals surface area contributed by atoms with Crippen LogP contribution in [0.1, 0.15) is 51.5 Å². The Balaban J connectivity index is 1.31. The summed E-state index contributed by atoms with van der Waals surface area (Å²) in [5.41, 5.74) is -0.589. The number of rotatable bonds is 11. The zero-order valence-corrected chi connectivity index (χ0v) is 29.8. The summed E-state index contributed by atoms with van der Waals surface area (Å²) in [7, 11) is 6.04. The molecule has 50 heavy (non-hydrogen) atoms. The number of aliphatic imine (C=N–C) groups is 1. The molecule has 264 valence electrons. The Hall–Kier alpha value is -3.90. The average molecular weight is 707 g/mol. The van der Waals surface area contributed by atoms with Crippen LogP contribution in [-0.4, -0.2) is 103 Å². The van der Waals surface area contributed by atoms with E-state index in [0.29, 0.717) is 37.0 Å². The van der Waals surface area contributed by atoms with Gasteiger partial charge in [-0.15, -0.1) is 11.3 Å². The minimum absolute atomic E-state index is 0.0210. The second-order valence-corrected chi connectivity index (χ2v) is 15.5. The monoisotopic (exact) mass is 706 g/mol. The van der Waals surface area contributed by atoms with E-state index in [4.69, 9.17) is 14.5 Å². The number of halogens is 3.